The molecule has 12 heavy (non-hydrogen) atoms. The van der Waals surface area contributed by atoms with Crippen molar-refractivity contribution in [1.82, 2.24) is 0 Å². The van der Waals surface area contributed by atoms with Crippen LogP contribution in [0.1, 0.15) is 18.4 Å². The monoisotopic (exact) mass is 229 g/mol. The van der Waals surface area contributed by atoms with E-state index in [2.05, 4.69) is 28.2 Å². The van der Waals surface area contributed by atoms with Crippen molar-refractivity contribution in [3.05, 3.63) is 28.0 Å². The van der Waals surface area contributed by atoms with Gasteiger partial charge >= 0.3 is 0 Å². The predicted molar refractivity (Wildman–Crippen MR) is 51.0 cm³/mol. The molecule has 1 aromatic rings. The van der Waals surface area contributed by atoms with Crippen LogP contribution in [-0.4, -0.2) is 6.54 Å². The normalized spacial score (nSPS) is 20.4. The van der Waals surface area contributed by atoms with Gasteiger partial charge in [-0.2, -0.15) is 0 Å². The number of fused-ring (bicyclic) bond motifs is 1. The van der Waals surface area contributed by atoms with Gasteiger partial charge in [-0.05, 0) is 17.7 Å². The minimum atomic E-state index is -0.163. The quantitative estimate of drug-likeness (QED) is 0.721. The lowest BCUT2D eigenvalue weighted by Crippen LogP contribution is -1.96. The van der Waals surface area contributed by atoms with E-state index in [1.54, 1.807) is 0 Å². The molecule has 1 unspecified atom stereocenters. The molecule has 2 rings (SSSR count). The fourth-order valence-corrected chi connectivity index (χ4v) is 1.98. The van der Waals surface area contributed by atoms with Crippen molar-refractivity contribution in [2.75, 3.05) is 11.9 Å². The molecule has 0 saturated carbocycles. The fraction of sp³-hybridized carbons (Fsp3) is 0.333. The van der Waals surface area contributed by atoms with Crippen LogP contribution in [0.15, 0.2) is 16.6 Å². The third-order valence-electron chi connectivity index (χ3n) is 2.20. The van der Waals surface area contributed by atoms with Crippen LogP contribution in [0, 0.1) is 5.82 Å². The number of rotatable bonds is 0. The van der Waals surface area contributed by atoms with Crippen molar-refractivity contribution < 1.29 is 4.39 Å². The largest absolute Gasteiger partial charge is 0.382 e. The van der Waals surface area contributed by atoms with Crippen LogP contribution >= 0.6 is 15.9 Å². The molecular formula is C9H9BrFN. The van der Waals surface area contributed by atoms with Gasteiger partial charge in [-0.15, -0.1) is 0 Å². The first-order valence-electron chi connectivity index (χ1n) is 3.91. The van der Waals surface area contributed by atoms with Crippen molar-refractivity contribution in [2.45, 2.75) is 12.8 Å². The Morgan fingerprint density at radius 3 is 3.08 bits per heavy atom. The number of hydrogen-bond acceptors (Lipinski definition) is 1. The standard InChI is InChI=1S/C9H9BrFN/c1-5-4-12-9-7(5)2-6(10)3-8(9)11/h2-3,5,12H,4H2,1H3. The Morgan fingerprint density at radius 1 is 1.58 bits per heavy atom. The zero-order valence-electron chi connectivity index (χ0n) is 6.70. The van der Waals surface area contributed by atoms with Crippen LogP contribution in [0.5, 0.6) is 0 Å². The molecule has 0 amide bonds. The van der Waals surface area contributed by atoms with Gasteiger partial charge in [0.1, 0.15) is 5.82 Å². The lowest BCUT2D eigenvalue weighted by molar-refractivity contribution is 0.630. The van der Waals surface area contributed by atoms with E-state index < -0.39 is 0 Å². The molecule has 1 atom stereocenters. The van der Waals surface area contributed by atoms with Crippen LogP contribution in [0.3, 0.4) is 0 Å². The third-order valence-corrected chi connectivity index (χ3v) is 2.66. The van der Waals surface area contributed by atoms with Crippen LogP contribution in [0.4, 0.5) is 10.1 Å². The highest BCUT2D eigenvalue weighted by Gasteiger charge is 2.21. The van der Waals surface area contributed by atoms with Crippen LogP contribution < -0.4 is 5.32 Å². The summed E-state index contributed by atoms with van der Waals surface area (Å²) in [6, 6.07) is 3.47. The maximum absolute atomic E-state index is 13.2. The minimum Gasteiger partial charge on any atom is -0.382 e. The molecule has 1 aliphatic heterocycles. The van der Waals surface area contributed by atoms with Gasteiger partial charge < -0.3 is 5.32 Å². The summed E-state index contributed by atoms with van der Waals surface area (Å²) in [6.45, 7) is 2.92. The Balaban J connectivity index is 2.60. The van der Waals surface area contributed by atoms with Crippen LogP contribution in [0.2, 0.25) is 0 Å². The lowest BCUT2D eigenvalue weighted by atomic mass is 10.0. The van der Waals surface area contributed by atoms with Crippen molar-refractivity contribution >= 4 is 21.6 Å². The molecule has 0 aromatic heterocycles. The summed E-state index contributed by atoms with van der Waals surface area (Å²) in [5.74, 6) is 0.246. The number of nitrogens with one attached hydrogen (secondary N) is 1. The second-order valence-electron chi connectivity index (χ2n) is 3.13. The van der Waals surface area contributed by atoms with Crippen molar-refractivity contribution in [3.63, 3.8) is 0 Å². The summed E-state index contributed by atoms with van der Waals surface area (Å²) >= 11 is 3.28. The van der Waals surface area contributed by atoms with E-state index in [0.717, 1.165) is 16.6 Å². The maximum atomic E-state index is 13.2. The fourth-order valence-electron chi connectivity index (χ4n) is 1.53. The molecule has 0 radical (unpaired) electrons. The number of benzene rings is 1. The Bertz CT molecular complexity index is 325. The lowest BCUT2D eigenvalue weighted by Gasteiger charge is -2.03. The predicted octanol–water partition coefficient (Wildman–Crippen LogP) is 3.12. The molecule has 0 spiro atoms. The molecule has 64 valence electrons. The van der Waals surface area contributed by atoms with Gasteiger partial charge in [-0.3, -0.25) is 0 Å². The number of hydrogen-bond donors (Lipinski definition) is 1. The Labute approximate surface area is 79.1 Å². The van der Waals surface area contributed by atoms with E-state index >= 15 is 0 Å². The number of halogens is 2. The van der Waals surface area contributed by atoms with Crippen molar-refractivity contribution in [2.24, 2.45) is 0 Å². The average molecular weight is 230 g/mol. The minimum absolute atomic E-state index is 0.163. The number of anilines is 1. The first-order chi connectivity index (χ1) is 5.68. The van der Waals surface area contributed by atoms with Gasteiger partial charge in [0.25, 0.3) is 0 Å². The molecule has 1 aliphatic rings. The third kappa shape index (κ3) is 1.12. The van der Waals surface area contributed by atoms with Crippen LogP contribution in [-0.2, 0) is 0 Å². The molecule has 0 bridgehead atoms. The molecule has 0 saturated heterocycles. The smallest absolute Gasteiger partial charge is 0.147 e. The van der Waals surface area contributed by atoms with Gasteiger partial charge in [0.15, 0.2) is 0 Å². The molecular weight excluding hydrogens is 221 g/mol. The summed E-state index contributed by atoms with van der Waals surface area (Å²) in [6.07, 6.45) is 0. The van der Waals surface area contributed by atoms with E-state index in [-0.39, 0.29) is 5.82 Å². The first-order valence-corrected chi connectivity index (χ1v) is 4.70. The topological polar surface area (TPSA) is 12.0 Å². The molecule has 0 fully saturated rings. The van der Waals surface area contributed by atoms with Crippen molar-refractivity contribution in [1.29, 1.82) is 0 Å². The second-order valence-corrected chi connectivity index (χ2v) is 4.05. The molecule has 1 aromatic carbocycles. The highest BCUT2D eigenvalue weighted by atomic mass is 79.9. The molecule has 1 N–H and O–H groups in total. The summed E-state index contributed by atoms with van der Waals surface area (Å²) < 4.78 is 14.0. The zero-order chi connectivity index (χ0) is 8.72. The summed E-state index contributed by atoms with van der Waals surface area (Å²) in [7, 11) is 0. The Morgan fingerprint density at radius 2 is 2.33 bits per heavy atom. The van der Waals surface area contributed by atoms with Gasteiger partial charge in [0.05, 0.1) is 5.69 Å². The molecule has 0 aliphatic carbocycles. The van der Waals surface area contributed by atoms with Gasteiger partial charge in [-0.1, -0.05) is 22.9 Å². The highest BCUT2D eigenvalue weighted by molar-refractivity contribution is 9.10. The van der Waals surface area contributed by atoms with Gasteiger partial charge in [-0.25, -0.2) is 4.39 Å². The molecule has 3 heteroatoms. The summed E-state index contributed by atoms with van der Waals surface area (Å²) in [5, 5.41) is 3.05. The van der Waals surface area contributed by atoms with E-state index in [1.807, 2.05) is 6.07 Å². The van der Waals surface area contributed by atoms with Crippen LogP contribution in [0.25, 0.3) is 0 Å². The second kappa shape index (κ2) is 2.73. The van der Waals surface area contributed by atoms with Gasteiger partial charge in [0.2, 0.25) is 0 Å². The first kappa shape index (κ1) is 8.05. The summed E-state index contributed by atoms with van der Waals surface area (Å²) in [4.78, 5) is 0. The average Bonchev–Trinajstić information content (AvgIpc) is 2.33. The van der Waals surface area contributed by atoms with Gasteiger partial charge in [0, 0.05) is 16.9 Å². The summed E-state index contributed by atoms with van der Waals surface area (Å²) in [5.41, 5.74) is 1.74. The van der Waals surface area contributed by atoms with E-state index in [4.69, 9.17) is 0 Å². The van der Waals surface area contributed by atoms with E-state index in [0.29, 0.717) is 11.6 Å². The highest BCUT2D eigenvalue weighted by Crippen LogP contribution is 2.35. The zero-order valence-corrected chi connectivity index (χ0v) is 8.28. The molecule has 1 nitrogen and oxygen atoms in total. The maximum Gasteiger partial charge on any atom is 0.147 e. The van der Waals surface area contributed by atoms with Crippen molar-refractivity contribution in [3.8, 4) is 0 Å². The Kier molecular flexibility index (Phi) is 1.83. The Hall–Kier alpha value is -0.570. The SMILES string of the molecule is CC1CNc2c(F)cc(Br)cc21. The van der Waals surface area contributed by atoms with E-state index in [1.165, 1.54) is 6.07 Å². The molecule has 1 heterocycles. The van der Waals surface area contributed by atoms with E-state index in [9.17, 15) is 4.39 Å².